The molecule has 1 fully saturated rings. The van der Waals surface area contributed by atoms with E-state index < -0.39 is 0 Å². The lowest BCUT2D eigenvalue weighted by Crippen LogP contribution is -2.20. The summed E-state index contributed by atoms with van der Waals surface area (Å²) in [6.45, 7) is 1.18. The molecule has 0 bridgehead atoms. The van der Waals surface area contributed by atoms with E-state index in [2.05, 4.69) is 38.4 Å². The Kier molecular flexibility index (Phi) is 2.37. The van der Waals surface area contributed by atoms with E-state index in [-0.39, 0.29) is 0 Å². The Balaban J connectivity index is 1.90. The molecule has 0 spiro atoms. The van der Waals surface area contributed by atoms with Crippen molar-refractivity contribution >= 4 is 21.5 Å². The fourth-order valence-electron chi connectivity index (χ4n) is 2.57. The van der Waals surface area contributed by atoms with Gasteiger partial charge in [0, 0.05) is 22.9 Å². The van der Waals surface area contributed by atoms with Crippen LogP contribution in [0.4, 0.5) is 0 Å². The number of halogens is 1. The molecule has 0 radical (unpaired) electrons. The molecule has 78 valence electrons. The molecule has 2 heterocycles. The van der Waals surface area contributed by atoms with Crippen molar-refractivity contribution in [3.8, 4) is 0 Å². The van der Waals surface area contributed by atoms with Crippen LogP contribution in [-0.4, -0.2) is 17.6 Å². The molecule has 3 heteroatoms. The van der Waals surface area contributed by atoms with Crippen LogP contribution in [0.25, 0.3) is 5.57 Å². The van der Waals surface area contributed by atoms with Gasteiger partial charge in [0.05, 0.1) is 0 Å². The van der Waals surface area contributed by atoms with Gasteiger partial charge in [-0.2, -0.15) is 0 Å². The molecular formula is C12H13BrN2. The number of fused-ring (bicyclic) bond motifs is 1. The van der Waals surface area contributed by atoms with E-state index >= 15 is 0 Å². The summed E-state index contributed by atoms with van der Waals surface area (Å²) < 4.78 is 1.06. The van der Waals surface area contributed by atoms with Crippen LogP contribution in [0.1, 0.15) is 18.4 Å². The average molecular weight is 265 g/mol. The van der Waals surface area contributed by atoms with Gasteiger partial charge in [-0.3, -0.25) is 4.98 Å². The average Bonchev–Trinajstić information content (AvgIpc) is 2.76. The molecule has 1 aliphatic heterocycles. The van der Waals surface area contributed by atoms with Crippen LogP contribution in [0.15, 0.2) is 29.0 Å². The Bertz CT molecular complexity index is 414. The largest absolute Gasteiger partial charge is 0.310 e. The van der Waals surface area contributed by atoms with Gasteiger partial charge >= 0.3 is 0 Å². The highest BCUT2D eigenvalue weighted by Gasteiger charge is 2.31. The maximum atomic E-state index is 4.21. The maximum Gasteiger partial charge on any atom is 0.0410 e. The maximum absolute atomic E-state index is 4.21. The Labute approximate surface area is 97.9 Å². The highest BCUT2D eigenvalue weighted by molar-refractivity contribution is 9.10. The molecule has 1 saturated heterocycles. The second kappa shape index (κ2) is 3.72. The molecule has 0 aromatic carbocycles. The monoisotopic (exact) mass is 264 g/mol. The fourth-order valence-corrected chi connectivity index (χ4v) is 2.94. The summed E-state index contributed by atoms with van der Waals surface area (Å²) >= 11 is 3.47. The van der Waals surface area contributed by atoms with Crippen molar-refractivity contribution in [2.75, 3.05) is 6.54 Å². The van der Waals surface area contributed by atoms with Crippen molar-refractivity contribution in [2.45, 2.75) is 18.9 Å². The van der Waals surface area contributed by atoms with Gasteiger partial charge in [0.25, 0.3) is 0 Å². The zero-order valence-corrected chi connectivity index (χ0v) is 10.00. The zero-order valence-electron chi connectivity index (χ0n) is 8.41. The van der Waals surface area contributed by atoms with Crippen LogP contribution in [0, 0.1) is 5.92 Å². The third kappa shape index (κ3) is 1.74. The van der Waals surface area contributed by atoms with Crippen LogP contribution in [0.2, 0.25) is 0 Å². The summed E-state index contributed by atoms with van der Waals surface area (Å²) in [4.78, 5) is 4.21. The third-order valence-corrected chi connectivity index (χ3v) is 3.78. The fraction of sp³-hybridized carbons (Fsp3) is 0.417. The van der Waals surface area contributed by atoms with Gasteiger partial charge in [-0.05, 0) is 58.4 Å². The van der Waals surface area contributed by atoms with Crippen molar-refractivity contribution in [3.05, 3.63) is 34.6 Å². The van der Waals surface area contributed by atoms with Gasteiger partial charge in [0.15, 0.2) is 0 Å². The lowest BCUT2D eigenvalue weighted by atomic mass is 10.00. The lowest BCUT2D eigenvalue weighted by Gasteiger charge is -2.06. The summed E-state index contributed by atoms with van der Waals surface area (Å²) in [5.41, 5.74) is 2.71. The lowest BCUT2D eigenvalue weighted by molar-refractivity contribution is 0.553. The molecule has 1 N–H and O–H groups in total. The highest BCUT2D eigenvalue weighted by Crippen LogP contribution is 2.36. The number of hydrogen-bond acceptors (Lipinski definition) is 2. The molecule has 0 amide bonds. The Morgan fingerprint density at radius 3 is 3.13 bits per heavy atom. The first-order valence-electron chi connectivity index (χ1n) is 5.38. The SMILES string of the molecule is Brc1cncc(C2=CC3NCCC3C2)c1. The predicted molar refractivity (Wildman–Crippen MR) is 64.4 cm³/mol. The minimum absolute atomic E-state index is 0.610. The molecular weight excluding hydrogens is 252 g/mol. The molecule has 1 aromatic heterocycles. The van der Waals surface area contributed by atoms with Crippen LogP contribution in [-0.2, 0) is 0 Å². The van der Waals surface area contributed by atoms with E-state index in [9.17, 15) is 0 Å². The molecule has 2 atom stereocenters. The quantitative estimate of drug-likeness (QED) is 0.844. The molecule has 2 unspecified atom stereocenters. The summed E-state index contributed by atoms with van der Waals surface area (Å²) in [5.74, 6) is 0.819. The summed E-state index contributed by atoms with van der Waals surface area (Å²) in [7, 11) is 0. The van der Waals surface area contributed by atoms with Crippen molar-refractivity contribution in [1.82, 2.24) is 10.3 Å². The Morgan fingerprint density at radius 2 is 2.33 bits per heavy atom. The minimum atomic E-state index is 0.610. The number of rotatable bonds is 1. The Hall–Kier alpha value is -0.670. The molecule has 15 heavy (non-hydrogen) atoms. The summed E-state index contributed by atoms with van der Waals surface area (Å²) in [6.07, 6.45) is 8.68. The number of nitrogens with one attached hydrogen (secondary N) is 1. The summed E-state index contributed by atoms with van der Waals surface area (Å²) in [6, 6.07) is 2.76. The van der Waals surface area contributed by atoms with Gasteiger partial charge in [-0.1, -0.05) is 6.08 Å². The number of pyridine rings is 1. The van der Waals surface area contributed by atoms with Crippen LogP contribution >= 0.6 is 15.9 Å². The first-order chi connectivity index (χ1) is 7.33. The van der Waals surface area contributed by atoms with Gasteiger partial charge in [-0.15, -0.1) is 0 Å². The second-order valence-corrected chi connectivity index (χ2v) is 5.23. The van der Waals surface area contributed by atoms with E-state index in [4.69, 9.17) is 0 Å². The topological polar surface area (TPSA) is 24.9 Å². The smallest absolute Gasteiger partial charge is 0.0410 e. The van der Waals surface area contributed by atoms with Gasteiger partial charge < -0.3 is 5.32 Å². The van der Waals surface area contributed by atoms with Crippen molar-refractivity contribution in [3.63, 3.8) is 0 Å². The molecule has 2 nitrogen and oxygen atoms in total. The number of nitrogens with zero attached hydrogens (tertiary/aromatic N) is 1. The minimum Gasteiger partial charge on any atom is -0.310 e. The molecule has 3 rings (SSSR count). The van der Waals surface area contributed by atoms with E-state index in [1.807, 2.05) is 12.4 Å². The van der Waals surface area contributed by atoms with Crippen molar-refractivity contribution < 1.29 is 0 Å². The zero-order chi connectivity index (χ0) is 10.3. The van der Waals surface area contributed by atoms with Gasteiger partial charge in [0.1, 0.15) is 0 Å². The molecule has 1 aliphatic carbocycles. The molecule has 0 saturated carbocycles. The third-order valence-electron chi connectivity index (χ3n) is 3.34. The number of allylic oxidation sites excluding steroid dienone is 1. The number of aromatic nitrogens is 1. The van der Waals surface area contributed by atoms with Crippen LogP contribution in [0.5, 0.6) is 0 Å². The van der Waals surface area contributed by atoms with E-state index in [0.717, 1.165) is 10.4 Å². The van der Waals surface area contributed by atoms with E-state index in [1.165, 1.54) is 30.5 Å². The van der Waals surface area contributed by atoms with Gasteiger partial charge in [-0.25, -0.2) is 0 Å². The molecule has 2 aliphatic rings. The van der Waals surface area contributed by atoms with Crippen molar-refractivity contribution in [2.24, 2.45) is 5.92 Å². The normalized spacial score (nSPS) is 29.0. The standard InChI is InChI=1S/C12H13BrN2/c13-11-4-10(6-14-7-11)9-3-8-1-2-15-12(8)5-9/h4-8,12,15H,1-3H2. The van der Waals surface area contributed by atoms with E-state index in [1.54, 1.807) is 0 Å². The first kappa shape index (κ1) is 9.55. The molecule has 1 aromatic rings. The van der Waals surface area contributed by atoms with Crippen LogP contribution in [0.3, 0.4) is 0 Å². The first-order valence-corrected chi connectivity index (χ1v) is 6.17. The predicted octanol–water partition coefficient (Wildman–Crippen LogP) is 2.61. The van der Waals surface area contributed by atoms with Crippen molar-refractivity contribution in [1.29, 1.82) is 0 Å². The Morgan fingerprint density at radius 1 is 1.40 bits per heavy atom. The number of hydrogen-bond donors (Lipinski definition) is 1. The van der Waals surface area contributed by atoms with Crippen LogP contribution < -0.4 is 5.32 Å². The second-order valence-electron chi connectivity index (χ2n) is 4.32. The summed E-state index contributed by atoms with van der Waals surface area (Å²) in [5, 5.41) is 3.52. The van der Waals surface area contributed by atoms with E-state index in [0.29, 0.717) is 6.04 Å². The highest BCUT2D eigenvalue weighted by atomic mass is 79.9. The van der Waals surface area contributed by atoms with Gasteiger partial charge in [0.2, 0.25) is 0 Å².